The smallest absolute Gasteiger partial charge is 0.161 e. The summed E-state index contributed by atoms with van der Waals surface area (Å²) >= 11 is 0. The zero-order chi connectivity index (χ0) is 16.2. The van der Waals surface area contributed by atoms with E-state index in [1.807, 2.05) is 12.1 Å². The Morgan fingerprint density at radius 3 is 2.74 bits per heavy atom. The maximum atomic E-state index is 10.1. The Morgan fingerprint density at radius 2 is 1.96 bits per heavy atom. The van der Waals surface area contributed by atoms with Gasteiger partial charge in [-0.1, -0.05) is 5.57 Å². The van der Waals surface area contributed by atoms with E-state index in [0.717, 1.165) is 51.0 Å². The minimum Gasteiger partial charge on any atom is -0.504 e. The lowest BCUT2D eigenvalue weighted by atomic mass is 9.84. The molecule has 2 N–H and O–H groups in total. The summed E-state index contributed by atoms with van der Waals surface area (Å²) in [7, 11) is 3.34. The molecular formula is C19H25NO3. The van der Waals surface area contributed by atoms with Crippen LogP contribution in [0.2, 0.25) is 0 Å². The molecule has 23 heavy (non-hydrogen) atoms. The van der Waals surface area contributed by atoms with E-state index < -0.39 is 0 Å². The molecule has 0 spiro atoms. The summed E-state index contributed by atoms with van der Waals surface area (Å²) in [5.74, 6) is 1.82. The van der Waals surface area contributed by atoms with Gasteiger partial charge in [0.2, 0.25) is 0 Å². The standard InChI is InChI=1S/C19H25NO3/c1-22-15-5-6-16-13(10-15)4-3-8-20-9-7-14-11-18(21)19(23-2)12-17(14)16/h5,11-12,20-21H,3-4,6-10H2,1-2H3. The van der Waals surface area contributed by atoms with Crippen LogP contribution in [0.4, 0.5) is 0 Å². The maximum Gasteiger partial charge on any atom is 0.161 e. The van der Waals surface area contributed by atoms with E-state index >= 15 is 0 Å². The molecule has 0 saturated heterocycles. The molecular weight excluding hydrogens is 290 g/mol. The second kappa shape index (κ2) is 7.09. The first-order valence-electron chi connectivity index (χ1n) is 8.27. The van der Waals surface area contributed by atoms with Crippen molar-refractivity contribution in [3.63, 3.8) is 0 Å². The van der Waals surface area contributed by atoms with Gasteiger partial charge >= 0.3 is 0 Å². The third kappa shape index (κ3) is 3.37. The van der Waals surface area contributed by atoms with Gasteiger partial charge in [0.25, 0.3) is 0 Å². The van der Waals surface area contributed by atoms with Crippen molar-refractivity contribution in [1.82, 2.24) is 5.32 Å². The van der Waals surface area contributed by atoms with Crippen LogP contribution in [-0.2, 0) is 11.2 Å². The Bertz CT molecular complexity index is 646. The molecule has 4 nitrogen and oxygen atoms in total. The predicted octanol–water partition coefficient (Wildman–Crippen LogP) is 3.40. The van der Waals surface area contributed by atoms with Gasteiger partial charge in [0.1, 0.15) is 0 Å². The van der Waals surface area contributed by atoms with Crippen molar-refractivity contribution < 1.29 is 14.6 Å². The fourth-order valence-electron chi connectivity index (χ4n) is 3.48. The van der Waals surface area contributed by atoms with Crippen LogP contribution in [0.3, 0.4) is 0 Å². The number of benzene rings is 1. The first kappa shape index (κ1) is 15.9. The fourth-order valence-corrected chi connectivity index (χ4v) is 3.48. The van der Waals surface area contributed by atoms with Crippen molar-refractivity contribution in [1.29, 1.82) is 0 Å². The van der Waals surface area contributed by atoms with Gasteiger partial charge in [0, 0.05) is 6.42 Å². The number of methoxy groups -OCH3 is 2. The number of hydrogen-bond acceptors (Lipinski definition) is 4. The molecule has 0 atom stereocenters. The maximum absolute atomic E-state index is 10.1. The number of rotatable bonds is 2. The molecule has 124 valence electrons. The third-order valence-electron chi connectivity index (χ3n) is 4.74. The lowest BCUT2D eigenvalue weighted by Crippen LogP contribution is -2.20. The molecule has 0 radical (unpaired) electrons. The summed E-state index contributed by atoms with van der Waals surface area (Å²) < 4.78 is 10.8. The van der Waals surface area contributed by atoms with E-state index in [0.29, 0.717) is 5.75 Å². The number of hydrogen-bond donors (Lipinski definition) is 2. The number of fused-ring (bicyclic) bond motifs is 2. The summed E-state index contributed by atoms with van der Waals surface area (Å²) in [4.78, 5) is 0. The SMILES string of the molecule is COC1=CCC2=C(CCCNCCc3cc(O)c(OC)cc32)C1. The highest BCUT2D eigenvalue weighted by molar-refractivity contribution is 5.76. The molecule has 2 aliphatic rings. The summed E-state index contributed by atoms with van der Waals surface area (Å²) in [6.07, 6.45) is 7.06. The molecule has 4 heteroatoms. The van der Waals surface area contributed by atoms with Crippen molar-refractivity contribution in [2.75, 3.05) is 27.3 Å². The summed E-state index contributed by atoms with van der Waals surface area (Å²) in [6.45, 7) is 1.96. The highest BCUT2D eigenvalue weighted by Crippen LogP contribution is 2.40. The summed E-state index contributed by atoms with van der Waals surface area (Å²) in [5.41, 5.74) is 5.22. The Hall–Kier alpha value is -1.94. The molecule has 0 bridgehead atoms. The second-order valence-electron chi connectivity index (χ2n) is 6.12. The van der Waals surface area contributed by atoms with Crippen LogP contribution in [0, 0.1) is 0 Å². The molecule has 0 aromatic heterocycles. The summed E-state index contributed by atoms with van der Waals surface area (Å²) in [6, 6.07) is 3.85. The molecule has 3 rings (SSSR count). The van der Waals surface area contributed by atoms with E-state index in [1.165, 1.54) is 22.3 Å². The Labute approximate surface area is 137 Å². The van der Waals surface area contributed by atoms with E-state index in [2.05, 4.69) is 11.4 Å². The van der Waals surface area contributed by atoms with Crippen molar-refractivity contribution in [2.24, 2.45) is 0 Å². The molecule has 1 aliphatic carbocycles. The number of phenolic OH excluding ortho intramolecular Hbond substituents is 1. The fraction of sp³-hybridized carbons (Fsp3) is 0.474. The molecule has 0 fully saturated rings. The van der Waals surface area contributed by atoms with Crippen LogP contribution in [0.15, 0.2) is 29.5 Å². The molecule has 0 amide bonds. The van der Waals surface area contributed by atoms with Crippen LogP contribution in [-0.4, -0.2) is 32.4 Å². The van der Waals surface area contributed by atoms with Crippen LogP contribution >= 0.6 is 0 Å². The molecule has 1 heterocycles. The van der Waals surface area contributed by atoms with Crippen LogP contribution in [0.5, 0.6) is 11.5 Å². The van der Waals surface area contributed by atoms with E-state index in [4.69, 9.17) is 9.47 Å². The molecule has 0 unspecified atom stereocenters. The minimum atomic E-state index is 0.217. The van der Waals surface area contributed by atoms with E-state index in [-0.39, 0.29) is 5.75 Å². The summed E-state index contributed by atoms with van der Waals surface area (Å²) in [5, 5.41) is 13.6. The van der Waals surface area contributed by atoms with Gasteiger partial charge < -0.3 is 19.9 Å². The normalized spacial score (nSPS) is 18.6. The molecule has 0 saturated carbocycles. The lowest BCUT2D eigenvalue weighted by molar-refractivity contribution is 0.279. The molecule has 1 aliphatic heterocycles. The molecule has 1 aromatic rings. The minimum absolute atomic E-state index is 0.217. The van der Waals surface area contributed by atoms with Crippen molar-refractivity contribution >= 4 is 5.57 Å². The number of ether oxygens (including phenoxy) is 2. The number of nitrogens with one attached hydrogen (secondary N) is 1. The second-order valence-corrected chi connectivity index (χ2v) is 6.12. The van der Waals surface area contributed by atoms with Crippen molar-refractivity contribution in [3.8, 4) is 11.5 Å². The average molecular weight is 315 g/mol. The first-order chi connectivity index (χ1) is 11.2. The lowest BCUT2D eigenvalue weighted by Gasteiger charge is -2.24. The average Bonchev–Trinajstić information content (AvgIpc) is 2.58. The van der Waals surface area contributed by atoms with Crippen molar-refractivity contribution in [2.45, 2.75) is 32.1 Å². The van der Waals surface area contributed by atoms with Gasteiger partial charge in [-0.05, 0) is 73.7 Å². The van der Waals surface area contributed by atoms with Gasteiger partial charge in [0.05, 0.1) is 20.0 Å². The number of allylic oxidation sites excluding steroid dienone is 3. The first-order valence-corrected chi connectivity index (χ1v) is 8.27. The third-order valence-corrected chi connectivity index (χ3v) is 4.74. The topological polar surface area (TPSA) is 50.7 Å². The highest BCUT2D eigenvalue weighted by Gasteiger charge is 2.21. The zero-order valence-electron chi connectivity index (χ0n) is 13.9. The monoisotopic (exact) mass is 315 g/mol. The van der Waals surface area contributed by atoms with Gasteiger partial charge in [-0.2, -0.15) is 0 Å². The van der Waals surface area contributed by atoms with E-state index in [1.54, 1.807) is 14.2 Å². The predicted molar refractivity (Wildman–Crippen MR) is 91.7 cm³/mol. The van der Waals surface area contributed by atoms with Gasteiger partial charge in [0.15, 0.2) is 11.5 Å². The Morgan fingerprint density at radius 1 is 1.09 bits per heavy atom. The Balaban J connectivity index is 2.08. The Kier molecular flexibility index (Phi) is 4.91. The number of phenols is 1. The quantitative estimate of drug-likeness (QED) is 0.878. The van der Waals surface area contributed by atoms with Crippen molar-refractivity contribution in [3.05, 3.63) is 40.7 Å². The van der Waals surface area contributed by atoms with Gasteiger partial charge in [-0.3, -0.25) is 0 Å². The highest BCUT2D eigenvalue weighted by atomic mass is 16.5. The van der Waals surface area contributed by atoms with Crippen LogP contribution in [0.25, 0.3) is 5.57 Å². The number of aromatic hydroxyl groups is 1. The van der Waals surface area contributed by atoms with Gasteiger partial charge in [-0.25, -0.2) is 0 Å². The van der Waals surface area contributed by atoms with Crippen LogP contribution < -0.4 is 10.1 Å². The molecule has 1 aromatic carbocycles. The zero-order valence-corrected chi connectivity index (χ0v) is 13.9. The largest absolute Gasteiger partial charge is 0.504 e. The van der Waals surface area contributed by atoms with Crippen LogP contribution in [0.1, 0.15) is 36.8 Å². The van der Waals surface area contributed by atoms with E-state index in [9.17, 15) is 5.11 Å². The van der Waals surface area contributed by atoms with Gasteiger partial charge in [-0.15, -0.1) is 0 Å².